The molecule has 1 heterocycles. The second kappa shape index (κ2) is 5.21. The Hall–Kier alpha value is -1.55. The summed E-state index contributed by atoms with van der Waals surface area (Å²) in [6.07, 6.45) is 3.15. The summed E-state index contributed by atoms with van der Waals surface area (Å²) in [5, 5.41) is 3.12. The van der Waals surface area contributed by atoms with Crippen molar-refractivity contribution in [2.75, 3.05) is 13.2 Å². The van der Waals surface area contributed by atoms with Crippen molar-refractivity contribution in [1.29, 1.82) is 0 Å². The van der Waals surface area contributed by atoms with Crippen LogP contribution < -0.4 is 15.8 Å². The smallest absolute Gasteiger partial charge is 0.224 e. The van der Waals surface area contributed by atoms with E-state index in [0.29, 0.717) is 19.1 Å². The van der Waals surface area contributed by atoms with Gasteiger partial charge >= 0.3 is 0 Å². The van der Waals surface area contributed by atoms with Gasteiger partial charge in [0.05, 0.1) is 6.04 Å². The maximum Gasteiger partial charge on any atom is 0.224 e. The van der Waals surface area contributed by atoms with Gasteiger partial charge < -0.3 is 15.8 Å². The number of rotatable bonds is 3. The highest BCUT2D eigenvalue weighted by atomic mass is 16.5. The maximum absolute atomic E-state index is 12.4. The molecule has 0 spiro atoms. The van der Waals surface area contributed by atoms with Crippen molar-refractivity contribution in [3.05, 3.63) is 29.8 Å². The SMILES string of the molecule is NCC1CCCC1C(=O)NC1COc2ccccc21. The van der Waals surface area contributed by atoms with Crippen LogP contribution in [0.1, 0.15) is 30.9 Å². The second-order valence-electron chi connectivity index (χ2n) is 5.44. The molecule has 0 aromatic heterocycles. The van der Waals surface area contributed by atoms with Crippen molar-refractivity contribution in [2.24, 2.45) is 17.6 Å². The van der Waals surface area contributed by atoms with E-state index in [-0.39, 0.29) is 17.9 Å². The molecule has 19 heavy (non-hydrogen) atoms. The minimum absolute atomic E-state index is 0.0114. The Balaban J connectivity index is 1.68. The zero-order chi connectivity index (χ0) is 13.2. The Morgan fingerprint density at radius 3 is 3.05 bits per heavy atom. The maximum atomic E-state index is 12.4. The van der Waals surface area contributed by atoms with Crippen molar-refractivity contribution in [3.63, 3.8) is 0 Å². The first-order valence-electron chi connectivity index (χ1n) is 7.01. The van der Waals surface area contributed by atoms with Gasteiger partial charge in [-0.3, -0.25) is 4.79 Å². The molecule has 0 saturated heterocycles. The monoisotopic (exact) mass is 260 g/mol. The van der Waals surface area contributed by atoms with E-state index < -0.39 is 0 Å². The van der Waals surface area contributed by atoms with Gasteiger partial charge in [-0.1, -0.05) is 24.6 Å². The zero-order valence-electron chi connectivity index (χ0n) is 11.0. The van der Waals surface area contributed by atoms with E-state index in [0.717, 1.165) is 30.6 Å². The minimum Gasteiger partial charge on any atom is -0.491 e. The lowest BCUT2D eigenvalue weighted by Crippen LogP contribution is -2.37. The third-order valence-electron chi connectivity index (χ3n) is 4.32. The molecule has 102 valence electrons. The van der Waals surface area contributed by atoms with Gasteiger partial charge in [0.25, 0.3) is 0 Å². The molecule has 1 fully saturated rings. The van der Waals surface area contributed by atoms with Gasteiger partial charge in [-0.15, -0.1) is 0 Å². The highest BCUT2D eigenvalue weighted by Crippen LogP contribution is 2.34. The van der Waals surface area contributed by atoms with Crippen LogP contribution in [0.15, 0.2) is 24.3 Å². The molecule has 2 aliphatic rings. The molecule has 1 aliphatic heterocycles. The normalized spacial score (nSPS) is 28.8. The summed E-state index contributed by atoms with van der Waals surface area (Å²) in [6.45, 7) is 1.14. The number of fused-ring (bicyclic) bond motifs is 1. The number of nitrogens with one attached hydrogen (secondary N) is 1. The van der Waals surface area contributed by atoms with Gasteiger partial charge in [-0.2, -0.15) is 0 Å². The molecular weight excluding hydrogens is 240 g/mol. The second-order valence-corrected chi connectivity index (χ2v) is 5.44. The summed E-state index contributed by atoms with van der Waals surface area (Å²) in [7, 11) is 0. The molecule has 1 saturated carbocycles. The first kappa shape index (κ1) is 12.5. The Morgan fingerprint density at radius 2 is 2.21 bits per heavy atom. The van der Waals surface area contributed by atoms with Crippen molar-refractivity contribution in [3.8, 4) is 5.75 Å². The number of benzene rings is 1. The lowest BCUT2D eigenvalue weighted by atomic mass is 9.95. The summed E-state index contributed by atoms with van der Waals surface area (Å²) < 4.78 is 5.59. The molecule has 3 rings (SSSR count). The average Bonchev–Trinajstić information content (AvgIpc) is 3.05. The molecule has 0 bridgehead atoms. The number of para-hydroxylation sites is 1. The largest absolute Gasteiger partial charge is 0.491 e. The lowest BCUT2D eigenvalue weighted by molar-refractivity contribution is -0.126. The molecule has 0 radical (unpaired) electrons. The fraction of sp³-hybridized carbons (Fsp3) is 0.533. The number of nitrogens with two attached hydrogens (primary N) is 1. The zero-order valence-corrected chi connectivity index (χ0v) is 11.0. The number of carbonyl (C=O) groups is 1. The van der Waals surface area contributed by atoms with E-state index in [1.54, 1.807) is 0 Å². The molecule has 1 amide bonds. The molecule has 3 unspecified atom stereocenters. The van der Waals surface area contributed by atoms with Crippen LogP contribution in [-0.2, 0) is 4.79 Å². The Bertz CT molecular complexity index is 475. The van der Waals surface area contributed by atoms with E-state index in [2.05, 4.69) is 5.32 Å². The Labute approximate surface area is 113 Å². The molecule has 1 aliphatic carbocycles. The highest BCUT2D eigenvalue weighted by molar-refractivity contribution is 5.80. The standard InChI is InChI=1S/C15H20N2O2/c16-8-10-4-3-6-11(10)15(18)17-13-9-19-14-7-2-1-5-12(13)14/h1-2,5,7,10-11,13H,3-4,6,8-9,16H2,(H,17,18). The minimum atomic E-state index is -0.0114. The Kier molecular flexibility index (Phi) is 3.42. The topological polar surface area (TPSA) is 64.4 Å². The molecule has 1 aromatic rings. The van der Waals surface area contributed by atoms with Crippen LogP contribution in [0.3, 0.4) is 0 Å². The van der Waals surface area contributed by atoms with E-state index in [1.165, 1.54) is 0 Å². The molecule has 4 heteroatoms. The van der Waals surface area contributed by atoms with Gasteiger partial charge in [-0.25, -0.2) is 0 Å². The first-order chi connectivity index (χ1) is 9.29. The Morgan fingerprint density at radius 1 is 1.37 bits per heavy atom. The van der Waals surface area contributed by atoms with Crippen molar-refractivity contribution in [2.45, 2.75) is 25.3 Å². The average molecular weight is 260 g/mol. The number of hydrogen-bond acceptors (Lipinski definition) is 3. The number of carbonyl (C=O) groups excluding carboxylic acids is 1. The van der Waals surface area contributed by atoms with Gasteiger partial charge in [0, 0.05) is 11.5 Å². The fourth-order valence-corrected chi connectivity index (χ4v) is 3.23. The van der Waals surface area contributed by atoms with E-state index >= 15 is 0 Å². The lowest BCUT2D eigenvalue weighted by Gasteiger charge is -2.20. The third-order valence-corrected chi connectivity index (χ3v) is 4.32. The number of hydrogen-bond donors (Lipinski definition) is 2. The van der Waals surface area contributed by atoms with Crippen LogP contribution >= 0.6 is 0 Å². The molecule has 4 nitrogen and oxygen atoms in total. The van der Waals surface area contributed by atoms with Crippen LogP contribution in [-0.4, -0.2) is 19.1 Å². The van der Waals surface area contributed by atoms with Crippen LogP contribution in [0, 0.1) is 11.8 Å². The quantitative estimate of drug-likeness (QED) is 0.868. The summed E-state index contributed by atoms with van der Waals surface area (Å²) in [4.78, 5) is 12.4. The number of ether oxygens (including phenoxy) is 1. The van der Waals surface area contributed by atoms with E-state index in [9.17, 15) is 4.79 Å². The molecule has 3 atom stereocenters. The van der Waals surface area contributed by atoms with Crippen molar-refractivity contribution >= 4 is 5.91 Å². The van der Waals surface area contributed by atoms with Gasteiger partial charge in [0.2, 0.25) is 5.91 Å². The van der Waals surface area contributed by atoms with Gasteiger partial charge in [-0.05, 0) is 31.4 Å². The highest BCUT2D eigenvalue weighted by Gasteiger charge is 2.34. The van der Waals surface area contributed by atoms with Gasteiger partial charge in [0.1, 0.15) is 12.4 Å². The van der Waals surface area contributed by atoms with Crippen molar-refractivity contribution in [1.82, 2.24) is 5.32 Å². The van der Waals surface area contributed by atoms with Gasteiger partial charge in [0.15, 0.2) is 0 Å². The first-order valence-corrected chi connectivity index (χ1v) is 7.01. The summed E-state index contributed by atoms with van der Waals surface area (Å²) in [5.41, 5.74) is 6.82. The third kappa shape index (κ3) is 2.32. The van der Waals surface area contributed by atoms with E-state index in [4.69, 9.17) is 10.5 Å². The van der Waals surface area contributed by atoms with Crippen LogP contribution in [0.5, 0.6) is 5.75 Å². The summed E-state index contributed by atoms with van der Waals surface area (Å²) >= 11 is 0. The number of amides is 1. The predicted molar refractivity (Wildman–Crippen MR) is 72.7 cm³/mol. The molecular formula is C15H20N2O2. The van der Waals surface area contributed by atoms with E-state index in [1.807, 2.05) is 24.3 Å². The molecule has 1 aromatic carbocycles. The predicted octanol–water partition coefficient (Wildman–Crippen LogP) is 1.61. The van der Waals surface area contributed by atoms with Crippen LogP contribution in [0.25, 0.3) is 0 Å². The van der Waals surface area contributed by atoms with Crippen LogP contribution in [0.2, 0.25) is 0 Å². The van der Waals surface area contributed by atoms with Crippen LogP contribution in [0.4, 0.5) is 0 Å². The fourth-order valence-electron chi connectivity index (χ4n) is 3.23. The van der Waals surface area contributed by atoms with Crippen molar-refractivity contribution < 1.29 is 9.53 Å². The summed E-state index contributed by atoms with van der Waals surface area (Å²) in [5.74, 6) is 1.45. The molecule has 3 N–H and O–H groups in total. The summed E-state index contributed by atoms with van der Waals surface area (Å²) in [6, 6.07) is 7.88.